The zero-order valence-corrected chi connectivity index (χ0v) is 18.9. The van der Waals surface area contributed by atoms with E-state index < -0.39 is 0 Å². The van der Waals surface area contributed by atoms with Crippen LogP contribution in [0.5, 0.6) is 0 Å². The van der Waals surface area contributed by atoms with Crippen molar-refractivity contribution in [3.8, 4) is 28.6 Å². The number of nitrogens with zero attached hydrogens (tertiary/aromatic N) is 5. The number of benzene rings is 2. The van der Waals surface area contributed by atoms with Crippen LogP contribution in [0, 0.1) is 11.3 Å². The maximum absolute atomic E-state index is 9.65. The number of nitrogens with two attached hydrogens (primary N) is 1. The van der Waals surface area contributed by atoms with Crippen LogP contribution in [0.3, 0.4) is 0 Å². The Kier molecular flexibility index (Phi) is 5.80. The van der Waals surface area contributed by atoms with E-state index in [1.807, 2.05) is 59.3 Å². The molecule has 2 aliphatic rings. The maximum Gasteiger partial charge on any atom is 0.140 e. The van der Waals surface area contributed by atoms with Crippen LogP contribution in [0.15, 0.2) is 60.7 Å². The smallest absolute Gasteiger partial charge is 0.140 e. The van der Waals surface area contributed by atoms with Crippen molar-refractivity contribution in [3.05, 3.63) is 66.2 Å². The molecule has 0 spiro atoms. The summed E-state index contributed by atoms with van der Waals surface area (Å²) in [5, 5.41) is 15.4. The lowest BCUT2D eigenvalue weighted by Crippen LogP contribution is -2.32. The molecule has 0 atom stereocenters. The molecule has 0 unspecified atom stereocenters. The molecule has 3 heterocycles. The van der Waals surface area contributed by atoms with Gasteiger partial charge in [-0.1, -0.05) is 48.5 Å². The molecule has 6 nitrogen and oxygen atoms in total. The van der Waals surface area contributed by atoms with Gasteiger partial charge in [0.05, 0.1) is 17.3 Å². The second kappa shape index (κ2) is 9.05. The van der Waals surface area contributed by atoms with Crippen LogP contribution in [0.1, 0.15) is 37.3 Å². The SMILES string of the molecule is CN1CCC1.N#Cc1c(-c2ccc3ccc(-c4ccccc4)nc3c2)nn(C2CCC2)c1N. The van der Waals surface area contributed by atoms with Gasteiger partial charge in [0.2, 0.25) is 0 Å². The van der Waals surface area contributed by atoms with Crippen LogP contribution >= 0.6 is 0 Å². The van der Waals surface area contributed by atoms with Gasteiger partial charge in [-0.15, -0.1) is 0 Å². The second-order valence-electron chi connectivity index (χ2n) is 8.88. The van der Waals surface area contributed by atoms with E-state index in [1.54, 1.807) is 0 Å². The Morgan fingerprint density at radius 2 is 1.70 bits per heavy atom. The summed E-state index contributed by atoms with van der Waals surface area (Å²) in [7, 11) is 2.14. The molecule has 1 saturated heterocycles. The molecule has 0 radical (unpaired) electrons. The Morgan fingerprint density at radius 1 is 0.970 bits per heavy atom. The quantitative estimate of drug-likeness (QED) is 0.473. The van der Waals surface area contributed by atoms with Gasteiger partial charge in [0.1, 0.15) is 23.1 Å². The molecule has 6 heteroatoms. The molecule has 2 aromatic carbocycles. The number of nitriles is 1. The first-order valence-corrected chi connectivity index (χ1v) is 11.6. The van der Waals surface area contributed by atoms with Gasteiger partial charge in [-0.2, -0.15) is 10.4 Å². The van der Waals surface area contributed by atoms with Gasteiger partial charge in [-0.3, -0.25) is 0 Å². The van der Waals surface area contributed by atoms with E-state index in [0.717, 1.165) is 40.6 Å². The van der Waals surface area contributed by atoms with Crippen LogP contribution in [-0.4, -0.2) is 39.8 Å². The number of anilines is 1. The summed E-state index contributed by atoms with van der Waals surface area (Å²) in [6.07, 6.45) is 4.73. The summed E-state index contributed by atoms with van der Waals surface area (Å²) in [5.74, 6) is 0.466. The highest BCUT2D eigenvalue weighted by Crippen LogP contribution is 2.37. The zero-order valence-electron chi connectivity index (χ0n) is 18.9. The van der Waals surface area contributed by atoms with E-state index in [0.29, 0.717) is 23.1 Å². The Bertz CT molecular complexity index is 1310. The third kappa shape index (κ3) is 4.20. The molecule has 0 bridgehead atoms. The van der Waals surface area contributed by atoms with Crippen molar-refractivity contribution in [1.82, 2.24) is 19.7 Å². The number of hydrogen-bond donors (Lipinski definition) is 1. The molecule has 166 valence electrons. The van der Waals surface area contributed by atoms with Crippen molar-refractivity contribution in [2.75, 3.05) is 25.9 Å². The average Bonchev–Trinajstić information content (AvgIpc) is 3.12. The minimum atomic E-state index is 0.309. The highest BCUT2D eigenvalue weighted by Gasteiger charge is 2.26. The van der Waals surface area contributed by atoms with E-state index in [9.17, 15) is 5.26 Å². The summed E-state index contributed by atoms with van der Waals surface area (Å²) < 4.78 is 1.83. The maximum atomic E-state index is 9.65. The normalized spacial score (nSPS) is 15.8. The summed E-state index contributed by atoms with van der Waals surface area (Å²) in [6, 6.07) is 22.8. The molecule has 2 fully saturated rings. The van der Waals surface area contributed by atoms with Crippen molar-refractivity contribution < 1.29 is 0 Å². The molecule has 2 N–H and O–H groups in total. The topological polar surface area (TPSA) is 83.8 Å². The van der Waals surface area contributed by atoms with Crippen LogP contribution in [0.25, 0.3) is 33.4 Å². The number of pyridine rings is 1. The van der Waals surface area contributed by atoms with E-state index in [4.69, 9.17) is 15.8 Å². The van der Waals surface area contributed by atoms with Gasteiger partial charge in [0.25, 0.3) is 0 Å². The Morgan fingerprint density at radius 3 is 2.30 bits per heavy atom. The van der Waals surface area contributed by atoms with Gasteiger partial charge in [-0.25, -0.2) is 9.67 Å². The fourth-order valence-electron chi connectivity index (χ4n) is 4.18. The minimum Gasteiger partial charge on any atom is -0.383 e. The largest absolute Gasteiger partial charge is 0.383 e. The van der Waals surface area contributed by atoms with E-state index in [1.165, 1.54) is 25.9 Å². The molecule has 33 heavy (non-hydrogen) atoms. The van der Waals surface area contributed by atoms with Gasteiger partial charge < -0.3 is 10.6 Å². The molecular formula is C27H28N6. The molecule has 1 aliphatic carbocycles. The fourth-order valence-corrected chi connectivity index (χ4v) is 4.18. The van der Waals surface area contributed by atoms with Crippen molar-refractivity contribution >= 4 is 16.7 Å². The lowest BCUT2D eigenvalue weighted by molar-refractivity contribution is 0.229. The Hall–Kier alpha value is -3.69. The van der Waals surface area contributed by atoms with Crippen molar-refractivity contribution in [2.24, 2.45) is 0 Å². The summed E-state index contributed by atoms with van der Waals surface area (Å²) in [4.78, 5) is 7.14. The number of likely N-dealkylation sites (tertiary alicyclic amines) is 1. The van der Waals surface area contributed by atoms with Crippen molar-refractivity contribution in [3.63, 3.8) is 0 Å². The Balaban J connectivity index is 0.000000406. The van der Waals surface area contributed by atoms with Gasteiger partial charge in [-0.05, 0) is 58.0 Å². The lowest BCUT2D eigenvalue weighted by atomic mass is 9.93. The van der Waals surface area contributed by atoms with Crippen LogP contribution < -0.4 is 5.73 Å². The molecule has 4 aromatic rings. The highest BCUT2D eigenvalue weighted by molar-refractivity contribution is 5.87. The Labute approximate surface area is 194 Å². The predicted octanol–water partition coefficient (Wildman–Crippen LogP) is 5.27. The lowest BCUT2D eigenvalue weighted by Gasteiger charge is -2.26. The third-order valence-corrected chi connectivity index (χ3v) is 6.59. The fraction of sp³-hybridized carbons (Fsp3) is 0.296. The second-order valence-corrected chi connectivity index (χ2v) is 8.88. The molecule has 2 aromatic heterocycles. The minimum absolute atomic E-state index is 0.309. The summed E-state index contributed by atoms with van der Waals surface area (Å²) >= 11 is 0. The highest BCUT2D eigenvalue weighted by atomic mass is 15.3. The van der Waals surface area contributed by atoms with E-state index in [-0.39, 0.29) is 0 Å². The molecule has 1 saturated carbocycles. The van der Waals surface area contributed by atoms with Crippen molar-refractivity contribution in [2.45, 2.75) is 31.7 Å². The van der Waals surface area contributed by atoms with Crippen LogP contribution in [0.2, 0.25) is 0 Å². The standard InChI is InChI=1S/C23H19N5.C4H9N/c24-14-19-22(27-28(23(19)25)18-7-4-8-18)17-10-9-16-11-12-20(26-21(16)13-17)15-5-2-1-3-6-15;1-5-3-2-4-5/h1-3,5-6,9-13,18H,4,7-8,25H2;2-4H2,1H3. The number of aromatic nitrogens is 3. The van der Waals surface area contributed by atoms with E-state index >= 15 is 0 Å². The number of fused-ring (bicyclic) bond motifs is 1. The van der Waals surface area contributed by atoms with Crippen LogP contribution in [0.4, 0.5) is 5.82 Å². The summed E-state index contributed by atoms with van der Waals surface area (Å²) in [6.45, 7) is 2.64. The van der Waals surface area contributed by atoms with Gasteiger partial charge in [0, 0.05) is 16.5 Å². The first-order valence-electron chi connectivity index (χ1n) is 11.6. The number of hydrogen-bond acceptors (Lipinski definition) is 5. The number of nitrogen functional groups attached to an aromatic ring is 1. The predicted molar refractivity (Wildman–Crippen MR) is 133 cm³/mol. The third-order valence-electron chi connectivity index (χ3n) is 6.59. The van der Waals surface area contributed by atoms with Crippen molar-refractivity contribution in [1.29, 1.82) is 5.26 Å². The average molecular weight is 437 g/mol. The van der Waals surface area contributed by atoms with Crippen LogP contribution in [-0.2, 0) is 0 Å². The first-order chi connectivity index (χ1) is 16.1. The van der Waals surface area contributed by atoms with E-state index in [2.05, 4.69) is 24.1 Å². The molecule has 0 amide bonds. The monoisotopic (exact) mass is 436 g/mol. The van der Waals surface area contributed by atoms with Gasteiger partial charge >= 0.3 is 0 Å². The molecule has 1 aliphatic heterocycles. The molecular weight excluding hydrogens is 408 g/mol. The molecule has 6 rings (SSSR count). The summed E-state index contributed by atoms with van der Waals surface area (Å²) in [5.41, 5.74) is 11.1. The zero-order chi connectivity index (χ0) is 22.8. The number of rotatable bonds is 3. The first kappa shape index (κ1) is 21.2. The van der Waals surface area contributed by atoms with Gasteiger partial charge in [0.15, 0.2) is 0 Å².